The van der Waals surface area contributed by atoms with Gasteiger partial charge >= 0.3 is 12.0 Å². The van der Waals surface area contributed by atoms with Crippen LogP contribution in [-0.4, -0.2) is 85.8 Å². The van der Waals surface area contributed by atoms with E-state index >= 15 is 4.39 Å². The lowest BCUT2D eigenvalue weighted by molar-refractivity contribution is 0.0958. The zero-order valence-electron chi connectivity index (χ0n) is 26.6. The largest absolute Gasteiger partial charge is 0.497 e. The van der Waals surface area contributed by atoms with Crippen molar-refractivity contribution in [2.45, 2.75) is 26.9 Å². The summed E-state index contributed by atoms with van der Waals surface area (Å²) in [5.74, 6) is 0.337. The van der Waals surface area contributed by atoms with Gasteiger partial charge in [-0.15, -0.1) is 0 Å². The van der Waals surface area contributed by atoms with E-state index in [9.17, 15) is 9.59 Å². The SMILES string of the molecule is CCN1C(=O)N(Cc2ccc(OC)cc2)c2c(F)c(CN3CCN(c4ccc(C(=O)NC)nc4C)CC3)cc3nc(OC)nc1c23. The van der Waals surface area contributed by atoms with Crippen LogP contribution in [0.4, 0.5) is 26.4 Å². The molecule has 2 aromatic carbocycles. The molecule has 13 heteroatoms. The number of urea groups is 1. The molecule has 0 aliphatic carbocycles. The predicted molar refractivity (Wildman–Crippen MR) is 173 cm³/mol. The number of ether oxygens (including phenoxy) is 2. The number of hydrogen-bond acceptors (Lipinski definition) is 9. The number of aryl methyl sites for hydroxylation is 1. The summed E-state index contributed by atoms with van der Waals surface area (Å²) in [5, 5.41) is 3.08. The van der Waals surface area contributed by atoms with Crippen LogP contribution in [0.25, 0.3) is 10.9 Å². The molecule has 0 unspecified atom stereocenters. The van der Waals surface area contributed by atoms with Crippen molar-refractivity contribution in [3.63, 3.8) is 0 Å². The van der Waals surface area contributed by atoms with E-state index in [4.69, 9.17) is 9.47 Å². The molecule has 2 aliphatic rings. The molecular weight excluding hydrogens is 591 g/mol. The minimum absolute atomic E-state index is 0.112. The first-order valence-corrected chi connectivity index (χ1v) is 15.2. The average Bonchev–Trinajstić information content (AvgIpc) is 3.08. The second-order valence-corrected chi connectivity index (χ2v) is 11.2. The standard InChI is InChI=1S/C33H37FN8O4/c1-6-41-30-27-25(37-32(38-30)46-5)17-22(28(34)29(27)42(33(41)44)18-21-7-9-23(45-4)10-8-21)19-39-13-15-40(16-14-39)26-12-11-24(31(43)35-3)36-20(26)2/h7-12,17H,6,13-16,18-19H2,1-5H3,(H,35,43). The van der Waals surface area contributed by atoms with Crippen LogP contribution < -0.4 is 29.5 Å². The predicted octanol–water partition coefficient (Wildman–Crippen LogP) is 4.14. The average molecular weight is 629 g/mol. The van der Waals surface area contributed by atoms with E-state index in [0.717, 1.165) is 16.9 Å². The van der Waals surface area contributed by atoms with E-state index < -0.39 is 5.82 Å². The first-order chi connectivity index (χ1) is 22.3. The van der Waals surface area contributed by atoms with Gasteiger partial charge in [-0.25, -0.2) is 14.2 Å². The fourth-order valence-corrected chi connectivity index (χ4v) is 6.13. The van der Waals surface area contributed by atoms with Gasteiger partial charge in [0, 0.05) is 51.9 Å². The number of pyridine rings is 1. The van der Waals surface area contributed by atoms with Gasteiger partial charge in [-0.2, -0.15) is 9.97 Å². The molecule has 3 amide bonds. The number of rotatable bonds is 9. The van der Waals surface area contributed by atoms with E-state index in [1.54, 1.807) is 26.3 Å². The van der Waals surface area contributed by atoms with Gasteiger partial charge in [0.25, 0.3) is 5.91 Å². The summed E-state index contributed by atoms with van der Waals surface area (Å²) >= 11 is 0. The smallest absolute Gasteiger partial charge is 0.330 e. The Balaban J connectivity index is 1.32. The molecule has 2 aliphatic heterocycles. The van der Waals surface area contributed by atoms with Crippen LogP contribution >= 0.6 is 0 Å². The number of carbonyl (C=O) groups is 2. The van der Waals surface area contributed by atoms with Crippen molar-refractivity contribution in [3.8, 4) is 11.8 Å². The van der Waals surface area contributed by atoms with Gasteiger partial charge in [-0.1, -0.05) is 12.1 Å². The van der Waals surface area contributed by atoms with Crippen molar-refractivity contribution in [3.05, 3.63) is 70.8 Å². The van der Waals surface area contributed by atoms with Crippen LogP contribution in [0.15, 0.2) is 42.5 Å². The van der Waals surface area contributed by atoms with Crippen molar-refractivity contribution in [1.29, 1.82) is 0 Å². The molecular formula is C33H37FN8O4. The Morgan fingerprint density at radius 1 is 0.957 bits per heavy atom. The second-order valence-electron chi connectivity index (χ2n) is 11.2. The van der Waals surface area contributed by atoms with Gasteiger partial charge in [0.05, 0.1) is 48.7 Å². The number of amides is 3. The molecule has 12 nitrogen and oxygen atoms in total. The normalized spacial score (nSPS) is 15.0. The highest BCUT2D eigenvalue weighted by Crippen LogP contribution is 2.43. The number of nitrogens with zero attached hydrogens (tertiary/aromatic N) is 7. The highest BCUT2D eigenvalue weighted by Gasteiger charge is 2.37. The van der Waals surface area contributed by atoms with Gasteiger partial charge in [-0.3, -0.25) is 19.5 Å². The second kappa shape index (κ2) is 12.8. The minimum atomic E-state index is -0.465. The van der Waals surface area contributed by atoms with E-state index in [1.165, 1.54) is 16.9 Å². The zero-order chi connectivity index (χ0) is 32.5. The third-order valence-corrected chi connectivity index (χ3v) is 8.55. The number of halogens is 1. The number of hydrogen-bond donors (Lipinski definition) is 1. The summed E-state index contributed by atoms with van der Waals surface area (Å²) in [6.45, 7) is 7.35. The highest BCUT2D eigenvalue weighted by molar-refractivity contribution is 6.18. The molecule has 1 saturated heterocycles. The fourth-order valence-electron chi connectivity index (χ4n) is 6.13. The Kier molecular flexibility index (Phi) is 8.59. The fraction of sp³-hybridized carbons (Fsp3) is 0.364. The molecule has 1 N–H and O–H groups in total. The van der Waals surface area contributed by atoms with Crippen molar-refractivity contribution >= 4 is 40.0 Å². The molecule has 6 rings (SSSR count). The molecule has 0 bridgehead atoms. The maximum atomic E-state index is 16.8. The van der Waals surface area contributed by atoms with E-state index in [2.05, 4.69) is 30.1 Å². The summed E-state index contributed by atoms with van der Waals surface area (Å²) in [5.41, 5.74) is 4.07. The molecule has 0 atom stereocenters. The minimum Gasteiger partial charge on any atom is -0.497 e. The monoisotopic (exact) mass is 628 g/mol. The molecule has 4 aromatic rings. The summed E-state index contributed by atoms with van der Waals surface area (Å²) in [4.78, 5) is 46.9. The third-order valence-electron chi connectivity index (χ3n) is 8.55. The topological polar surface area (TPSA) is 116 Å². The first kappa shape index (κ1) is 31.0. The Labute approximate surface area is 266 Å². The molecule has 240 valence electrons. The van der Waals surface area contributed by atoms with Crippen molar-refractivity contribution in [2.75, 3.05) is 68.7 Å². The molecule has 46 heavy (non-hydrogen) atoms. The van der Waals surface area contributed by atoms with Crippen molar-refractivity contribution in [2.24, 2.45) is 0 Å². The van der Waals surface area contributed by atoms with Crippen LogP contribution in [0.1, 0.15) is 34.2 Å². The summed E-state index contributed by atoms with van der Waals surface area (Å²) in [7, 11) is 4.65. The Morgan fingerprint density at radius 2 is 1.70 bits per heavy atom. The van der Waals surface area contributed by atoms with E-state index in [0.29, 0.717) is 73.0 Å². The van der Waals surface area contributed by atoms with Gasteiger partial charge in [0.15, 0.2) is 11.6 Å². The summed E-state index contributed by atoms with van der Waals surface area (Å²) < 4.78 is 27.4. The molecule has 0 saturated carbocycles. The Hall–Kier alpha value is -5.04. The van der Waals surface area contributed by atoms with E-state index in [-0.39, 0.29) is 30.2 Å². The molecule has 1 fully saturated rings. The number of nitrogens with one attached hydrogen (secondary N) is 1. The van der Waals surface area contributed by atoms with Crippen LogP contribution in [0.3, 0.4) is 0 Å². The zero-order valence-corrected chi connectivity index (χ0v) is 26.6. The van der Waals surface area contributed by atoms with Crippen molar-refractivity contribution in [1.82, 2.24) is 25.2 Å². The van der Waals surface area contributed by atoms with Gasteiger partial charge in [0.1, 0.15) is 11.4 Å². The molecule has 2 aromatic heterocycles. The Morgan fingerprint density at radius 3 is 2.33 bits per heavy atom. The van der Waals surface area contributed by atoms with Crippen LogP contribution in [0.5, 0.6) is 11.8 Å². The number of piperazine rings is 1. The molecule has 0 spiro atoms. The number of methoxy groups -OCH3 is 2. The molecule has 0 radical (unpaired) electrons. The number of anilines is 3. The summed E-state index contributed by atoms with van der Waals surface area (Å²) in [6.07, 6.45) is 0. The number of carbonyl (C=O) groups excluding carboxylic acids is 2. The van der Waals surface area contributed by atoms with Gasteiger partial charge < -0.3 is 19.7 Å². The quantitative estimate of drug-likeness (QED) is 0.292. The Bertz CT molecular complexity index is 1790. The third kappa shape index (κ3) is 5.62. The maximum Gasteiger partial charge on any atom is 0.330 e. The van der Waals surface area contributed by atoms with Crippen LogP contribution in [-0.2, 0) is 13.1 Å². The summed E-state index contributed by atoms with van der Waals surface area (Å²) in [6, 6.07) is 12.5. The van der Waals surface area contributed by atoms with Gasteiger partial charge in [-0.05, 0) is 49.7 Å². The van der Waals surface area contributed by atoms with Crippen molar-refractivity contribution < 1.29 is 23.5 Å². The maximum absolute atomic E-state index is 16.8. The van der Waals surface area contributed by atoms with Crippen LogP contribution in [0, 0.1) is 12.7 Å². The highest BCUT2D eigenvalue weighted by atomic mass is 19.1. The van der Waals surface area contributed by atoms with Gasteiger partial charge in [0.2, 0.25) is 0 Å². The number of aromatic nitrogens is 3. The molecule has 4 heterocycles. The lowest BCUT2D eigenvalue weighted by atomic mass is 10.0. The van der Waals surface area contributed by atoms with E-state index in [1.807, 2.05) is 44.2 Å². The number of benzene rings is 2. The van der Waals surface area contributed by atoms with Crippen LogP contribution in [0.2, 0.25) is 0 Å². The lowest BCUT2D eigenvalue weighted by Gasteiger charge is -2.38. The lowest BCUT2D eigenvalue weighted by Crippen LogP contribution is -2.47. The first-order valence-electron chi connectivity index (χ1n) is 15.2.